The van der Waals surface area contributed by atoms with Crippen molar-refractivity contribution in [2.45, 2.75) is 19.4 Å². The van der Waals surface area contributed by atoms with Crippen LogP contribution in [0, 0.1) is 6.92 Å². The molecule has 0 aromatic carbocycles. The molecule has 1 aromatic heterocycles. The Morgan fingerprint density at radius 3 is 2.94 bits per heavy atom. The summed E-state index contributed by atoms with van der Waals surface area (Å²) in [5, 5.41) is 5.97. The molecule has 92 valence electrons. The Labute approximate surface area is 104 Å². The van der Waals surface area contributed by atoms with Crippen molar-refractivity contribution in [3.63, 3.8) is 0 Å². The molecule has 2 N–H and O–H groups in total. The molecule has 1 aliphatic rings. The molecule has 0 saturated heterocycles. The topological polar surface area (TPSA) is 76.1 Å². The first-order valence-corrected chi connectivity index (χ1v) is 5.60. The largest absolute Gasteiger partial charge is 0.385 e. The monoisotopic (exact) mass is 256 g/mol. The number of aryl methyl sites for hydroxylation is 1. The van der Waals surface area contributed by atoms with Gasteiger partial charge in [0.05, 0.1) is 5.69 Å². The van der Waals surface area contributed by atoms with Gasteiger partial charge in [-0.15, -0.1) is 0 Å². The first-order valence-electron chi connectivity index (χ1n) is 5.22. The minimum Gasteiger partial charge on any atom is -0.385 e. The van der Waals surface area contributed by atoms with Crippen LogP contribution in [-0.4, -0.2) is 35.6 Å². The molecule has 2 rings (SSSR count). The van der Waals surface area contributed by atoms with Crippen LogP contribution in [0.15, 0.2) is 0 Å². The van der Waals surface area contributed by atoms with Crippen LogP contribution in [0.3, 0.4) is 0 Å². The maximum atomic E-state index is 11.8. The van der Waals surface area contributed by atoms with Crippen molar-refractivity contribution >= 4 is 29.0 Å². The fourth-order valence-corrected chi connectivity index (χ4v) is 1.88. The van der Waals surface area contributed by atoms with Gasteiger partial charge in [0.1, 0.15) is 11.7 Å². The lowest BCUT2D eigenvalue weighted by molar-refractivity contribution is -0.117. The molecule has 1 unspecified atom stereocenters. The van der Waals surface area contributed by atoms with Gasteiger partial charge in [-0.3, -0.25) is 4.79 Å². The number of aromatic nitrogens is 2. The van der Waals surface area contributed by atoms with Crippen LogP contribution in [0.1, 0.15) is 12.1 Å². The number of halogens is 1. The van der Waals surface area contributed by atoms with E-state index in [0.29, 0.717) is 30.2 Å². The van der Waals surface area contributed by atoms with Gasteiger partial charge in [0.15, 0.2) is 5.82 Å². The van der Waals surface area contributed by atoms with Crippen molar-refractivity contribution in [1.82, 2.24) is 9.97 Å². The van der Waals surface area contributed by atoms with Crippen LogP contribution in [0.2, 0.25) is 5.28 Å². The Bertz CT molecular complexity index is 452. The van der Waals surface area contributed by atoms with Crippen LogP contribution in [0.25, 0.3) is 0 Å². The summed E-state index contributed by atoms with van der Waals surface area (Å²) < 4.78 is 4.95. The van der Waals surface area contributed by atoms with Gasteiger partial charge in [-0.05, 0) is 24.9 Å². The van der Waals surface area contributed by atoms with Gasteiger partial charge in [-0.25, -0.2) is 4.98 Å². The fraction of sp³-hybridized carbons (Fsp3) is 0.500. The smallest absolute Gasteiger partial charge is 0.247 e. The van der Waals surface area contributed by atoms with Crippen molar-refractivity contribution in [3.05, 3.63) is 11.0 Å². The van der Waals surface area contributed by atoms with E-state index in [1.165, 1.54) is 0 Å². The highest BCUT2D eigenvalue weighted by Gasteiger charge is 2.27. The van der Waals surface area contributed by atoms with E-state index >= 15 is 0 Å². The average Bonchev–Trinajstić information content (AvgIpc) is 2.27. The van der Waals surface area contributed by atoms with E-state index in [4.69, 9.17) is 16.3 Å². The Morgan fingerprint density at radius 1 is 1.47 bits per heavy atom. The second-order valence-corrected chi connectivity index (χ2v) is 4.11. The number of nitrogens with one attached hydrogen (secondary N) is 2. The molecule has 0 radical (unpaired) electrons. The lowest BCUT2D eigenvalue weighted by Crippen LogP contribution is -2.40. The van der Waals surface area contributed by atoms with Gasteiger partial charge in [0.2, 0.25) is 11.2 Å². The van der Waals surface area contributed by atoms with Crippen molar-refractivity contribution in [2.75, 3.05) is 24.4 Å². The fourth-order valence-electron chi connectivity index (χ4n) is 1.67. The van der Waals surface area contributed by atoms with E-state index in [0.717, 1.165) is 0 Å². The van der Waals surface area contributed by atoms with Crippen LogP contribution in [0.4, 0.5) is 11.5 Å². The second-order valence-electron chi connectivity index (χ2n) is 3.77. The summed E-state index contributed by atoms with van der Waals surface area (Å²) in [5.41, 5.74) is 1.24. The van der Waals surface area contributed by atoms with Crippen molar-refractivity contribution in [3.8, 4) is 0 Å². The minimum atomic E-state index is -0.354. The molecule has 1 aromatic rings. The predicted octanol–water partition coefficient (Wildman–Crippen LogP) is 1.21. The molecule has 2 heterocycles. The molecular weight excluding hydrogens is 244 g/mol. The molecule has 0 aliphatic carbocycles. The van der Waals surface area contributed by atoms with Gasteiger partial charge in [0.25, 0.3) is 0 Å². The molecule has 17 heavy (non-hydrogen) atoms. The maximum absolute atomic E-state index is 11.8. The number of carbonyl (C=O) groups is 1. The Morgan fingerprint density at radius 2 is 2.24 bits per heavy atom. The zero-order valence-corrected chi connectivity index (χ0v) is 10.3. The number of rotatable bonds is 3. The molecule has 1 amide bonds. The number of hydrogen-bond donors (Lipinski definition) is 2. The van der Waals surface area contributed by atoms with E-state index in [-0.39, 0.29) is 17.2 Å². The Kier molecular flexibility index (Phi) is 3.44. The summed E-state index contributed by atoms with van der Waals surface area (Å²) in [6.07, 6.45) is 0.572. The summed E-state index contributed by atoms with van der Waals surface area (Å²) >= 11 is 5.77. The molecule has 1 atom stereocenters. The van der Waals surface area contributed by atoms with E-state index in [1.54, 1.807) is 14.0 Å². The van der Waals surface area contributed by atoms with Gasteiger partial charge in [0, 0.05) is 13.7 Å². The molecule has 0 saturated carbocycles. The van der Waals surface area contributed by atoms with E-state index < -0.39 is 0 Å². The molecule has 7 heteroatoms. The number of hydrogen-bond acceptors (Lipinski definition) is 5. The number of nitrogens with zero attached hydrogens (tertiary/aromatic N) is 2. The highest BCUT2D eigenvalue weighted by atomic mass is 35.5. The van der Waals surface area contributed by atoms with Crippen LogP contribution in [-0.2, 0) is 9.53 Å². The third-order valence-corrected chi connectivity index (χ3v) is 2.72. The summed E-state index contributed by atoms with van der Waals surface area (Å²) in [6.45, 7) is 2.27. The van der Waals surface area contributed by atoms with Crippen molar-refractivity contribution in [1.29, 1.82) is 0 Å². The van der Waals surface area contributed by atoms with E-state index in [9.17, 15) is 4.79 Å². The van der Waals surface area contributed by atoms with Crippen molar-refractivity contribution in [2.24, 2.45) is 0 Å². The highest BCUT2D eigenvalue weighted by Crippen LogP contribution is 2.28. The van der Waals surface area contributed by atoms with Gasteiger partial charge in [-0.1, -0.05) is 0 Å². The zero-order valence-electron chi connectivity index (χ0n) is 9.58. The summed E-state index contributed by atoms with van der Waals surface area (Å²) in [7, 11) is 1.60. The number of carbonyl (C=O) groups excluding carboxylic acids is 1. The number of anilines is 2. The van der Waals surface area contributed by atoms with Gasteiger partial charge >= 0.3 is 0 Å². The summed E-state index contributed by atoms with van der Waals surface area (Å²) in [4.78, 5) is 19.8. The Hall–Kier alpha value is -1.40. The standard InChI is InChI=1S/C10H13ClN4O2/c1-5-7-8(15-10(11)12-5)13-6(3-4-17-2)9(16)14-7/h6H,3-4H2,1-2H3,(H,14,16)(H,12,13,15). The SMILES string of the molecule is COCCC1Nc2nc(Cl)nc(C)c2NC1=O. The lowest BCUT2D eigenvalue weighted by Gasteiger charge is -2.26. The minimum absolute atomic E-state index is 0.108. The molecule has 1 aliphatic heterocycles. The average molecular weight is 257 g/mol. The summed E-state index contributed by atoms with van der Waals surface area (Å²) in [6, 6.07) is -0.354. The van der Waals surface area contributed by atoms with Crippen LogP contribution < -0.4 is 10.6 Å². The first kappa shape index (κ1) is 12.1. The number of ether oxygens (including phenoxy) is 1. The third-order valence-electron chi connectivity index (χ3n) is 2.55. The quantitative estimate of drug-likeness (QED) is 0.795. The van der Waals surface area contributed by atoms with Gasteiger partial charge < -0.3 is 15.4 Å². The predicted molar refractivity (Wildman–Crippen MR) is 64.3 cm³/mol. The van der Waals surface area contributed by atoms with E-state index in [2.05, 4.69) is 20.6 Å². The Balaban J connectivity index is 2.24. The normalized spacial score (nSPS) is 18.3. The third kappa shape index (κ3) is 2.48. The molecule has 6 nitrogen and oxygen atoms in total. The zero-order chi connectivity index (χ0) is 12.4. The highest BCUT2D eigenvalue weighted by molar-refractivity contribution is 6.28. The van der Waals surface area contributed by atoms with Crippen LogP contribution >= 0.6 is 11.6 Å². The number of amides is 1. The molecular formula is C10H13ClN4O2. The lowest BCUT2D eigenvalue weighted by atomic mass is 10.1. The second kappa shape index (κ2) is 4.85. The first-order chi connectivity index (χ1) is 8.11. The molecule has 0 fully saturated rings. The van der Waals surface area contributed by atoms with Crippen LogP contribution in [0.5, 0.6) is 0 Å². The van der Waals surface area contributed by atoms with E-state index in [1.807, 2.05) is 0 Å². The van der Waals surface area contributed by atoms with Gasteiger partial charge in [-0.2, -0.15) is 4.98 Å². The molecule has 0 spiro atoms. The summed E-state index contributed by atoms with van der Waals surface area (Å²) in [5.74, 6) is 0.451. The van der Waals surface area contributed by atoms with Crippen molar-refractivity contribution < 1.29 is 9.53 Å². The molecule has 0 bridgehead atoms. The maximum Gasteiger partial charge on any atom is 0.247 e. The number of methoxy groups -OCH3 is 1. The number of fused-ring (bicyclic) bond motifs is 1.